The van der Waals surface area contributed by atoms with Crippen LogP contribution in [-0.2, 0) is 0 Å². The Kier molecular flexibility index (Phi) is 1.79. The Bertz CT molecular complexity index is 685. The van der Waals surface area contributed by atoms with Gasteiger partial charge in [0.05, 0.1) is 0 Å². The summed E-state index contributed by atoms with van der Waals surface area (Å²) in [5.41, 5.74) is 1.01. The zero-order chi connectivity index (χ0) is 11.0. The van der Waals surface area contributed by atoms with Gasteiger partial charge in [0.2, 0.25) is 0 Å². The van der Waals surface area contributed by atoms with Gasteiger partial charge >= 0.3 is 0 Å². The minimum Gasteiger partial charge on any atom is -0.346 e. The molecule has 3 aromatic rings. The van der Waals surface area contributed by atoms with E-state index in [2.05, 4.69) is 20.1 Å². The maximum atomic E-state index is 11.5. The molecule has 3 aromatic heterocycles. The Morgan fingerprint density at radius 3 is 2.81 bits per heavy atom. The quantitative estimate of drug-likeness (QED) is 0.637. The molecule has 0 radical (unpaired) electrons. The molecule has 0 aliphatic carbocycles. The van der Waals surface area contributed by atoms with Crippen molar-refractivity contribution in [3.63, 3.8) is 0 Å². The van der Waals surface area contributed by atoms with E-state index >= 15 is 0 Å². The van der Waals surface area contributed by atoms with Gasteiger partial charge in [-0.15, -0.1) is 0 Å². The Labute approximate surface area is 89.6 Å². The summed E-state index contributed by atoms with van der Waals surface area (Å²) in [5, 5.41) is 4.13. The fraction of sp³-hybridized carbons (Fsp3) is 0. The largest absolute Gasteiger partial charge is 0.346 e. The molecule has 0 atom stereocenters. The fourth-order valence-electron chi connectivity index (χ4n) is 1.46. The smallest absolute Gasteiger partial charge is 0.274 e. The highest BCUT2D eigenvalue weighted by Crippen LogP contribution is 2.11. The predicted octanol–water partition coefficient (Wildman–Crippen LogP) is 0.480. The molecule has 3 heterocycles. The van der Waals surface area contributed by atoms with Gasteiger partial charge in [0.15, 0.2) is 5.82 Å². The lowest BCUT2D eigenvalue weighted by atomic mass is 10.4. The third-order valence-electron chi connectivity index (χ3n) is 2.17. The molecule has 0 bridgehead atoms. The van der Waals surface area contributed by atoms with E-state index in [9.17, 15) is 4.79 Å². The highest BCUT2D eigenvalue weighted by molar-refractivity contribution is 5.56. The molecule has 6 nitrogen and oxygen atoms in total. The van der Waals surface area contributed by atoms with Crippen LogP contribution in [0.3, 0.4) is 0 Å². The standard InChI is InChI=1S/C10H7N5O/c16-9-2-5-11-8-6-7(14-15(8)9)10-12-3-1-4-13-10/h1-6,11H. The molecule has 6 heteroatoms. The molecule has 78 valence electrons. The second-order valence-electron chi connectivity index (χ2n) is 3.21. The summed E-state index contributed by atoms with van der Waals surface area (Å²) in [6, 6.07) is 4.87. The van der Waals surface area contributed by atoms with Crippen molar-refractivity contribution in [2.75, 3.05) is 0 Å². The maximum absolute atomic E-state index is 11.5. The number of fused-ring (bicyclic) bond motifs is 1. The molecule has 0 aliphatic rings. The molecule has 0 fully saturated rings. The number of H-pyrrole nitrogens is 1. The van der Waals surface area contributed by atoms with Crippen molar-refractivity contribution in [3.8, 4) is 11.5 Å². The van der Waals surface area contributed by atoms with Crippen LogP contribution in [0.25, 0.3) is 17.2 Å². The van der Waals surface area contributed by atoms with Gasteiger partial charge in [-0.25, -0.2) is 9.97 Å². The van der Waals surface area contributed by atoms with E-state index in [1.54, 1.807) is 30.7 Å². The van der Waals surface area contributed by atoms with E-state index < -0.39 is 0 Å². The van der Waals surface area contributed by atoms with Gasteiger partial charge in [-0.1, -0.05) is 0 Å². The molecule has 16 heavy (non-hydrogen) atoms. The van der Waals surface area contributed by atoms with E-state index in [1.165, 1.54) is 10.6 Å². The van der Waals surface area contributed by atoms with E-state index in [1.807, 2.05) is 0 Å². The number of nitrogens with one attached hydrogen (secondary N) is 1. The van der Waals surface area contributed by atoms with Gasteiger partial charge in [0.25, 0.3) is 5.56 Å². The molecule has 0 amide bonds. The van der Waals surface area contributed by atoms with E-state index in [-0.39, 0.29) is 5.56 Å². The lowest BCUT2D eigenvalue weighted by molar-refractivity contribution is 0.897. The third-order valence-corrected chi connectivity index (χ3v) is 2.17. The summed E-state index contributed by atoms with van der Waals surface area (Å²) in [4.78, 5) is 22.5. The Morgan fingerprint density at radius 2 is 2.06 bits per heavy atom. The Hall–Kier alpha value is -2.50. The summed E-state index contributed by atoms with van der Waals surface area (Å²) >= 11 is 0. The first-order valence-electron chi connectivity index (χ1n) is 4.69. The van der Waals surface area contributed by atoms with Gasteiger partial charge in [-0.2, -0.15) is 9.61 Å². The summed E-state index contributed by atoms with van der Waals surface area (Å²) in [6.45, 7) is 0. The SMILES string of the molecule is O=c1cc[nH]c2cc(-c3ncccn3)nn12. The molecule has 3 rings (SSSR count). The van der Waals surface area contributed by atoms with Crippen LogP contribution in [0.5, 0.6) is 0 Å². The predicted molar refractivity (Wildman–Crippen MR) is 56.8 cm³/mol. The highest BCUT2D eigenvalue weighted by Gasteiger charge is 2.07. The normalized spacial score (nSPS) is 10.8. The number of hydrogen-bond donors (Lipinski definition) is 1. The van der Waals surface area contributed by atoms with Crippen LogP contribution in [0.1, 0.15) is 0 Å². The maximum Gasteiger partial charge on any atom is 0.274 e. The summed E-state index contributed by atoms with van der Waals surface area (Å²) in [5.74, 6) is 0.499. The summed E-state index contributed by atoms with van der Waals surface area (Å²) in [7, 11) is 0. The van der Waals surface area contributed by atoms with Crippen molar-refractivity contribution in [1.82, 2.24) is 24.6 Å². The first-order valence-corrected chi connectivity index (χ1v) is 4.69. The Morgan fingerprint density at radius 1 is 1.25 bits per heavy atom. The van der Waals surface area contributed by atoms with Gasteiger partial charge < -0.3 is 4.98 Å². The molecule has 0 spiro atoms. The number of aromatic nitrogens is 5. The van der Waals surface area contributed by atoms with E-state index in [0.29, 0.717) is 17.2 Å². The number of nitrogens with zero attached hydrogens (tertiary/aromatic N) is 4. The van der Waals surface area contributed by atoms with Gasteiger partial charge in [0.1, 0.15) is 11.3 Å². The minimum atomic E-state index is -0.184. The van der Waals surface area contributed by atoms with E-state index in [4.69, 9.17) is 0 Å². The third kappa shape index (κ3) is 1.28. The van der Waals surface area contributed by atoms with Crippen molar-refractivity contribution in [2.45, 2.75) is 0 Å². The van der Waals surface area contributed by atoms with Gasteiger partial charge in [0, 0.05) is 30.7 Å². The summed E-state index contributed by atoms with van der Waals surface area (Å²) in [6.07, 6.45) is 4.84. The van der Waals surface area contributed by atoms with Crippen LogP contribution in [-0.4, -0.2) is 24.6 Å². The monoisotopic (exact) mass is 213 g/mol. The molecule has 0 aliphatic heterocycles. The van der Waals surface area contributed by atoms with Crippen molar-refractivity contribution in [2.24, 2.45) is 0 Å². The first-order chi connectivity index (χ1) is 7.84. The van der Waals surface area contributed by atoms with Crippen LogP contribution in [0.15, 0.2) is 41.6 Å². The second-order valence-corrected chi connectivity index (χ2v) is 3.21. The molecular weight excluding hydrogens is 206 g/mol. The molecule has 0 saturated carbocycles. The van der Waals surface area contributed by atoms with Crippen molar-refractivity contribution >= 4 is 5.65 Å². The molecule has 1 N–H and O–H groups in total. The van der Waals surface area contributed by atoms with Crippen molar-refractivity contribution in [3.05, 3.63) is 47.1 Å². The first kappa shape index (κ1) is 8.78. The number of hydrogen-bond acceptors (Lipinski definition) is 4. The van der Waals surface area contributed by atoms with Crippen LogP contribution in [0.2, 0.25) is 0 Å². The zero-order valence-electron chi connectivity index (χ0n) is 8.16. The lowest BCUT2D eigenvalue weighted by Crippen LogP contribution is -2.12. The fourth-order valence-corrected chi connectivity index (χ4v) is 1.46. The Balaban J connectivity index is 2.28. The van der Waals surface area contributed by atoms with Crippen LogP contribution < -0.4 is 5.56 Å². The lowest BCUT2D eigenvalue weighted by Gasteiger charge is -1.90. The second kappa shape index (κ2) is 3.27. The average molecular weight is 213 g/mol. The number of rotatable bonds is 1. The van der Waals surface area contributed by atoms with E-state index in [0.717, 1.165) is 0 Å². The van der Waals surface area contributed by atoms with Crippen LogP contribution in [0.4, 0.5) is 0 Å². The van der Waals surface area contributed by atoms with Crippen molar-refractivity contribution < 1.29 is 0 Å². The van der Waals surface area contributed by atoms with Gasteiger partial charge in [-0.3, -0.25) is 4.79 Å². The summed E-state index contributed by atoms with van der Waals surface area (Å²) < 4.78 is 1.28. The topological polar surface area (TPSA) is 75.9 Å². The van der Waals surface area contributed by atoms with Gasteiger partial charge in [-0.05, 0) is 6.07 Å². The minimum absolute atomic E-state index is 0.184. The van der Waals surface area contributed by atoms with Crippen LogP contribution >= 0.6 is 0 Å². The zero-order valence-corrected chi connectivity index (χ0v) is 8.16. The molecular formula is C10H7N5O. The molecule has 0 aromatic carbocycles. The average Bonchev–Trinajstić information content (AvgIpc) is 2.76. The molecule has 0 saturated heterocycles. The van der Waals surface area contributed by atoms with Crippen LogP contribution in [0, 0.1) is 0 Å². The number of aromatic amines is 1. The van der Waals surface area contributed by atoms with Crippen molar-refractivity contribution in [1.29, 1.82) is 0 Å². The highest BCUT2D eigenvalue weighted by atomic mass is 16.1. The molecule has 0 unspecified atom stereocenters.